The summed E-state index contributed by atoms with van der Waals surface area (Å²) < 4.78 is 28.2. The third kappa shape index (κ3) is 3.24. The Morgan fingerprint density at radius 1 is 1.23 bits per heavy atom. The van der Waals surface area contributed by atoms with E-state index in [4.69, 9.17) is 0 Å². The van der Waals surface area contributed by atoms with E-state index in [-0.39, 0.29) is 23.5 Å². The molecule has 2 aliphatic carbocycles. The van der Waals surface area contributed by atoms with E-state index < -0.39 is 15.4 Å². The molecule has 0 amide bonds. The molecule has 2 aliphatic rings. The van der Waals surface area contributed by atoms with Crippen LogP contribution in [0.3, 0.4) is 0 Å². The van der Waals surface area contributed by atoms with Crippen molar-refractivity contribution in [3.05, 3.63) is 35.4 Å². The fourth-order valence-electron chi connectivity index (χ4n) is 4.88. The predicted molar refractivity (Wildman–Crippen MR) is 104 cm³/mol. The molecule has 0 aliphatic heterocycles. The first-order chi connectivity index (χ1) is 12.1. The zero-order valence-corrected chi connectivity index (χ0v) is 17.2. The van der Waals surface area contributed by atoms with Crippen molar-refractivity contribution in [3.8, 4) is 0 Å². The molecule has 3 atom stereocenters. The zero-order chi connectivity index (χ0) is 19.2. The lowest BCUT2D eigenvalue weighted by molar-refractivity contribution is -0.128. The molecule has 1 N–H and O–H groups in total. The molecule has 5 heteroatoms. The molecule has 0 heterocycles. The van der Waals surface area contributed by atoms with E-state index >= 15 is 0 Å². The molecule has 2 saturated carbocycles. The first-order valence-electron chi connectivity index (χ1n) is 9.71. The number of carbonyl (C=O) groups excluding carboxylic acids is 1. The van der Waals surface area contributed by atoms with Crippen LogP contribution in [0.5, 0.6) is 0 Å². The number of hydrogen-bond acceptors (Lipinski definition) is 3. The number of ketones is 1. The molecule has 1 aromatic rings. The van der Waals surface area contributed by atoms with Crippen molar-refractivity contribution in [2.75, 3.05) is 5.75 Å². The second kappa shape index (κ2) is 6.75. The SMILES string of the molecule is CCC(C)c1ccc(CNS(=O)(=O)CC23CCC(CC2=O)C3(C)C)cc1. The molecule has 0 spiro atoms. The number of nitrogens with one attached hydrogen (secondary N) is 1. The van der Waals surface area contributed by atoms with Crippen LogP contribution in [-0.2, 0) is 21.4 Å². The Morgan fingerprint density at radius 3 is 2.38 bits per heavy atom. The van der Waals surface area contributed by atoms with Gasteiger partial charge >= 0.3 is 0 Å². The maximum Gasteiger partial charge on any atom is 0.212 e. The Morgan fingerprint density at radius 2 is 1.88 bits per heavy atom. The lowest BCUT2D eigenvalue weighted by Crippen LogP contribution is -2.45. The molecule has 26 heavy (non-hydrogen) atoms. The molecule has 2 fully saturated rings. The number of fused-ring (bicyclic) bond motifs is 2. The lowest BCUT2D eigenvalue weighted by Gasteiger charge is -2.36. The van der Waals surface area contributed by atoms with Gasteiger partial charge in [-0.15, -0.1) is 0 Å². The number of hydrogen-bond donors (Lipinski definition) is 1. The van der Waals surface area contributed by atoms with Gasteiger partial charge < -0.3 is 0 Å². The molecule has 3 rings (SSSR count). The van der Waals surface area contributed by atoms with Crippen LogP contribution in [0.1, 0.15) is 70.4 Å². The predicted octanol–water partition coefficient (Wildman–Crippen LogP) is 4.01. The average Bonchev–Trinajstić information content (AvgIpc) is 2.93. The van der Waals surface area contributed by atoms with Crippen molar-refractivity contribution >= 4 is 15.8 Å². The molecule has 0 aromatic heterocycles. The highest BCUT2D eigenvalue weighted by Gasteiger charge is 2.65. The highest BCUT2D eigenvalue weighted by Crippen LogP contribution is 2.64. The summed E-state index contributed by atoms with van der Waals surface area (Å²) in [5.41, 5.74) is 1.29. The second-order valence-corrected chi connectivity index (χ2v) is 10.6. The molecule has 3 unspecified atom stereocenters. The van der Waals surface area contributed by atoms with Crippen LogP contribution >= 0.6 is 0 Å². The minimum Gasteiger partial charge on any atom is -0.299 e. The highest BCUT2D eigenvalue weighted by molar-refractivity contribution is 7.89. The van der Waals surface area contributed by atoms with Crippen molar-refractivity contribution in [1.29, 1.82) is 0 Å². The summed E-state index contributed by atoms with van der Waals surface area (Å²) in [6.07, 6.45) is 3.29. The Balaban J connectivity index is 1.67. The van der Waals surface area contributed by atoms with Gasteiger partial charge in [-0.3, -0.25) is 4.79 Å². The molecule has 0 saturated heterocycles. The topological polar surface area (TPSA) is 63.2 Å². The molecular formula is C21H31NO3S. The van der Waals surface area contributed by atoms with Crippen LogP contribution in [0.25, 0.3) is 0 Å². The number of rotatable bonds is 7. The molecule has 4 nitrogen and oxygen atoms in total. The van der Waals surface area contributed by atoms with Gasteiger partial charge in [-0.1, -0.05) is 52.0 Å². The minimum absolute atomic E-state index is 0.0761. The van der Waals surface area contributed by atoms with Crippen LogP contribution < -0.4 is 4.72 Å². The molecule has 1 aromatic carbocycles. The summed E-state index contributed by atoms with van der Waals surface area (Å²) in [6.45, 7) is 8.76. The smallest absolute Gasteiger partial charge is 0.212 e. The van der Waals surface area contributed by atoms with Gasteiger partial charge in [0.2, 0.25) is 10.0 Å². The van der Waals surface area contributed by atoms with Gasteiger partial charge in [0.15, 0.2) is 0 Å². The maximum absolute atomic E-state index is 12.7. The molecule has 2 bridgehead atoms. The van der Waals surface area contributed by atoms with Crippen molar-refractivity contribution < 1.29 is 13.2 Å². The number of carbonyl (C=O) groups is 1. The van der Waals surface area contributed by atoms with E-state index in [1.807, 2.05) is 12.1 Å². The Bertz CT molecular complexity index is 782. The number of sulfonamides is 1. The van der Waals surface area contributed by atoms with Crippen LogP contribution in [0.4, 0.5) is 0 Å². The summed E-state index contributed by atoms with van der Waals surface area (Å²) in [4.78, 5) is 12.6. The summed E-state index contributed by atoms with van der Waals surface area (Å²) >= 11 is 0. The standard InChI is InChI=1S/C21H31NO3S/c1-5-15(2)17-8-6-16(7-9-17)13-22-26(24,25)14-21-11-10-18(12-19(21)23)20(21,3)4/h6-9,15,18,22H,5,10-14H2,1-4H3. The number of Topliss-reactive ketones (excluding diaryl/α,β-unsaturated/α-hetero) is 1. The fraction of sp³-hybridized carbons (Fsp3) is 0.667. The lowest BCUT2D eigenvalue weighted by atomic mass is 9.70. The Labute approximate surface area is 157 Å². The monoisotopic (exact) mass is 377 g/mol. The van der Waals surface area contributed by atoms with Crippen LogP contribution in [0, 0.1) is 16.7 Å². The van der Waals surface area contributed by atoms with Gasteiger partial charge in [0.1, 0.15) is 5.78 Å². The summed E-state index contributed by atoms with van der Waals surface area (Å²) in [6, 6.07) is 8.11. The number of benzene rings is 1. The molecule has 0 radical (unpaired) electrons. The third-order valence-corrected chi connectivity index (χ3v) is 8.69. The van der Waals surface area contributed by atoms with Gasteiger partial charge in [-0.25, -0.2) is 13.1 Å². The van der Waals surface area contributed by atoms with Gasteiger partial charge in [0.25, 0.3) is 0 Å². The molecular weight excluding hydrogens is 346 g/mol. The summed E-state index contributed by atoms with van der Waals surface area (Å²) in [7, 11) is -3.51. The fourth-order valence-corrected chi connectivity index (χ4v) is 6.69. The third-order valence-electron chi connectivity index (χ3n) is 7.23. The van der Waals surface area contributed by atoms with Crippen molar-refractivity contribution in [3.63, 3.8) is 0 Å². The highest BCUT2D eigenvalue weighted by atomic mass is 32.2. The van der Waals surface area contributed by atoms with Crippen molar-refractivity contribution in [2.45, 2.75) is 65.8 Å². The van der Waals surface area contributed by atoms with E-state index in [1.54, 1.807) is 0 Å². The first kappa shape index (κ1) is 19.6. The van der Waals surface area contributed by atoms with E-state index in [2.05, 4.69) is 44.5 Å². The van der Waals surface area contributed by atoms with E-state index in [9.17, 15) is 13.2 Å². The zero-order valence-electron chi connectivity index (χ0n) is 16.3. The van der Waals surface area contributed by atoms with Crippen molar-refractivity contribution in [1.82, 2.24) is 4.72 Å². The van der Waals surface area contributed by atoms with E-state index in [0.717, 1.165) is 18.4 Å². The second-order valence-electron chi connectivity index (χ2n) is 8.80. The van der Waals surface area contributed by atoms with Gasteiger partial charge in [-0.2, -0.15) is 0 Å². The quantitative estimate of drug-likeness (QED) is 0.781. The van der Waals surface area contributed by atoms with Crippen LogP contribution in [0.15, 0.2) is 24.3 Å². The van der Waals surface area contributed by atoms with E-state index in [1.165, 1.54) is 5.56 Å². The summed E-state index contributed by atoms with van der Waals surface area (Å²) in [5.74, 6) is 0.902. The maximum atomic E-state index is 12.7. The van der Waals surface area contributed by atoms with Gasteiger partial charge in [-0.05, 0) is 47.6 Å². The average molecular weight is 378 g/mol. The Kier molecular flexibility index (Phi) is 5.08. The largest absolute Gasteiger partial charge is 0.299 e. The first-order valence-corrected chi connectivity index (χ1v) is 11.4. The van der Waals surface area contributed by atoms with E-state index in [0.29, 0.717) is 24.7 Å². The van der Waals surface area contributed by atoms with Crippen molar-refractivity contribution in [2.24, 2.45) is 16.7 Å². The van der Waals surface area contributed by atoms with Gasteiger partial charge in [0, 0.05) is 18.4 Å². The summed E-state index contributed by atoms with van der Waals surface area (Å²) in [5, 5.41) is 0. The van der Waals surface area contributed by atoms with Gasteiger partial charge in [0.05, 0.1) is 5.75 Å². The molecule has 144 valence electrons. The normalized spacial score (nSPS) is 28.5. The van der Waals surface area contributed by atoms with Crippen LogP contribution in [-0.4, -0.2) is 20.0 Å². The minimum atomic E-state index is -3.51. The Hall–Kier alpha value is -1.20. The van der Waals surface area contributed by atoms with Crippen LogP contribution in [0.2, 0.25) is 0 Å².